The van der Waals surface area contributed by atoms with Gasteiger partial charge in [0.25, 0.3) is 5.91 Å². The van der Waals surface area contributed by atoms with Gasteiger partial charge in [-0.3, -0.25) is 9.78 Å². The molecule has 0 unspecified atom stereocenters. The van der Waals surface area contributed by atoms with E-state index in [4.69, 9.17) is 0 Å². The van der Waals surface area contributed by atoms with Crippen LogP contribution in [0.1, 0.15) is 15.9 Å². The first-order valence-corrected chi connectivity index (χ1v) is 6.56. The fraction of sp³-hybridized carbons (Fsp3) is 0.0588. The lowest BCUT2D eigenvalue weighted by Gasteiger charge is -2.08. The van der Waals surface area contributed by atoms with Gasteiger partial charge in [-0.1, -0.05) is 24.3 Å². The summed E-state index contributed by atoms with van der Waals surface area (Å²) in [4.78, 5) is 16.6. The van der Waals surface area contributed by atoms with Crippen molar-refractivity contribution < 1.29 is 9.18 Å². The van der Waals surface area contributed by atoms with Gasteiger partial charge < -0.3 is 5.32 Å². The number of carbonyl (C=O) groups excluding carboxylic acids is 1. The van der Waals surface area contributed by atoms with Gasteiger partial charge in [0.2, 0.25) is 0 Å². The number of benzene rings is 2. The van der Waals surface area contributed by atoms with E-state index in [0.717, 1.165) is 5.39 Å². The fourth-order valence-electron chi connectivity index (χ4n) is 2.16. The normalized spacial score (nSPS) is 10.6. The smallest absolute Gasteiger partial charge is 0.257 e. The number of nitrogens with one attached hydrogen (secondary N) is 1. The number of fused-ring (bicyclic) bond motifs is 1. The molecule has 0 atom stereocenters. The lowest BCUT2D eigenvalue weighted by atomic mass is 10.1. The van der Waals surface area contributed by atoms with Gasteiger partial charge in [-0.15, -0.1) is 0 Å². The fourth-order valence-corrected chi connectivity index (χ4v) is 2.16. The number of carbonyl (C=O) groups is 1. The highest BCUT2D eigenvalue weighted by molar-refractivity contribution is 6.11. The number of halogens is 1. The first-order valence-electron chi connectivity index (χ1n) is 6.56. The minimum Gasteiger partial charge on any atom is -0.322 e. The number of aromatic nitrogens is 1. The molecule has 0 bridgehead atoms. The Kier molecular flexibility index (Phi) is 3.36. The van der Waals surface area contributed by atoms with Crippen molar-refractivity contribution in [1.29, 1.82) is 0 Å². The average molecular weight is 280 g/mol. The number of pyridine rings is 1. The Labute approximate surface area is 121 Å². The van der Waals surface area contributed by atoms with E-state index >= 15 is 0 Å². The zero-order valence-corrected chi connectivity index (χ0v) is 11.4. The zero-order chi connectivity index (χ0) is 14.8. The number of para-hydroxylation sites is 1. The molecular weight excluding hydrogens is 267 g/mol. The van der Waals surface area contributed by atoms with E-state index in [0.29, 0.717) is 22.3 Å². The summed E-state index contributed by atoms with van der Waals surface area (Å²) in [6.07, 6.45) is 1.64. The Morgan fingerprint density at radius 3 is 2.76 bits per heavy atom. The zero-order valence-electron chi connectivity index (χ0n) is 11.4. The second kappa shape index (κ2) is 5.32. The number of hydrogen-bond donors (Lipinski definition) is 1. The van der Waals surface area contributed by atoms with Crippen molar-refractivity contribution in [1.82, 2.24) is 4.98 Å². The first-order chi connectivity index (χ1) is 10.1. The molecule has 3 rings (SSSR count). The SMILES string of the molecule is Cc1ccc(NC(=O)c2cccc3cccnc23)cc1F. The van der Waals surface area contributed by atoms with Gasteiger partial charge in [0.1, 0.15) is 5.82 Å². The van der Waals surface area contributed by atoms with Gasteiger partial charge in [0.15, 0.2) is 0 Å². The molecule has 0 aliphatic carbocycles. The summed E-state index contributed by atoms with van der Waals surface area (Å²) in [7, 11) is 0. The topological polar surface area (TPSA) is 42.0 Å². The van der Waals surface area contributed by atoms with Crippen LogP contribution >= 0.6 is 0 Å². The first kappa shape index (κ1) is 13.2. The molecule has 0 saturated carbocycles. The monoisotopic (exact) mass is 280 g/mol. The van der Waals surface area contributed by atoms with Crippen molar-refractivity contribution in [3.05, 3.63) is 71.7 Å². The standard InChI is InChI=1S/C17H13FN2O/c1-11-7-8-13(10-15(11)18)20-17(21)14-6-2-4-12-5-3-9-19-16(12)14/h2-10H,1H3,(H,20,21). The highest BCUT2D eigenvalue weighted by Crippen LogP contribution is 2.19. The van der Waals surface area contributed by atoms with Crippen molar-refractivity contribution in [3.8, 4) is 0 Å². The molecule has 0 saturated heterocycles. The van der Waals surface area contributed by atoms with E-state index in [2.05, 4.69) is 10.3 Å². The Morgan fingerprint density at radius 1 is 1.14 bits per heavy atom. The molecule has 1 heterocycles. The number of nitrogens with zero attached hydrogens (tertiary/aromatic N) is 1. The van der Waals surface area contributed by atoms with E-state index in [9.17, 15) is 9.18 Å². The number of rotatable bonds is 2. The molecule has 3 nitrogen and oxygen atoms in total. The van der Waals surface area contributed by atoms with Crippen LogP contribution in [0.25, 0.3) is 10.9 Å². The quantitative estimate of drug-likeness (QED) is 0.772. The number of amides is 1. The Balaban J connectivity index is 1.95. The summed E-state index contributed by atoms with van der Waals surface area (Å²) in [6.45, 7) is 1.68. The lowest BCUT2D eigenvalue weighted by molar-refractivity contribution is 0.102. The molecule has 0 spiro atoms. The third-order valence-corrected chi connectivity index (χ3v) is 3.31. The maximum absolute atomic E-state index is 13.5. The molecule has 3 aromatic rings. The molecule has 104 valence electrons. The molecule has 1 aromatic heterocycles. The summed E-state index contributed by atoms with van der Waals surface area (Å²) in [5.74, 6) is -0.647. The maximum atomic E-state index is 13.5. The van der Waals surface area contributed by atoms with Crippen LogP contribution in [0.3, 0.4) is 0 Å². The largest absolute Gasteiger partial charge is 0.322 e. The molecule has 21 heavy (non-hydrogen) atoms. The highest BCUT2D eigenvalue weighted by Gasteiger charge is 2.11. The van der Waals surface area contributed by atoms with Gasteiger partial charge in [-0.2, -0.15) is 0 Å². The van der Waals surface area contributed by atoms with Crippen molar-refractivity contribution in [2.45, 2.75) is 6.92 Å². The summed E-state index contributed by atoms with van der Waals surface area (Å²) in [5.41, 5.74) is 2.06. The van der Waals surface area contributed by atoms with Crippen LogP contribution in [0.2, 0.25) is 0 Å². The van der Waals surface area contributed by atoms with E-state index in [1.165, 1.54) is 6.07 Å². The molecule has 0 aliphatic heterocycles. The van der Waals surface area contributed by atoms with Crippen LogP contribution in [-0.2, 0) is 0 Å². The predicted molar refractivity (Wildman–Crippen MR) is 80.8 cm³/mol. The van der Waals surface area contributed by atoms with Crippen molar-refractivity contribution in [3.63, 3.8) is 0 Å². The summed E-state index contributed by atoms with van der Waals surface area (Å²) >= 11 is 0. The molecule has 1 amide bonds. The van der Waals surface area contributed by atoms with Gasteiger partial charge >= 0.3 is 0 Å². The second-order valence-electron chi connectivity index (χ2n) is 4.80. The average Bonchev–Trinajstić information content (AvgIpc) is 2.50. The highest BCUT2D eigenvalue weighted by atomic mass is 19.1. The van der Waals surface area contributed by atoms with Gasteiger partial charge in [0, 0.05) is 17.3 Å². The van der Waals surface area contributed by atoms with Crippen LogP contribution in [0.15, 0.2) is 54.7 Å². The third-order valence-electron chi connectivity index (χ3n) is 3.31. The van der Waals surface area contributed by atoms with Crippen LogP contribution < -0.4 is 5.32 Å². The molecule has 1 N–H and O–H groups in total. The van der Waals surface area contributed by atoms with E-state index in [1.807, 2.05) is 18.2 Å². The van der Waals surface area contributed by atoms with Gasteiger partial charge in [-0.25, -0.2) is 4.39 Å². The molecular formula is C17H13FN2O. The van der Waals surface area contributed by atoms with Crippen LogP contribution in [-0.4, -0.2) is 10.9 Å². The Morgan fingerprint density at radius 2 is 1.95 bits per heavy atom. The maximum Gasteiger partial charge on any atom is 0.257 e. The van der Waals surface area contributed by atoms with Crippen molar-refractivity contribution in [2.24, 2.45) is 0 Å². The van der Waals surface area contributed by atoms with E-state index < -0.39 is 0 Å². The Bertz CT molecular complexity index is 825. The second-order valence-corrected chi connectivity index (χ2v) is 4.80. The molecule has 0 fully saturated rings. The van der Waals surface area contributed by atoms with Crippen LogP contribution in [0.4, 0.5) is 10.1 Å². The van der Waals surface area contributed by atoms with Gasteiger partial charge in [0.05, 0.1) is 11.1 Å². The lowest BCUT2D eigenvalue weighted by Crippen LogP contribution is -2.13. The van der Waals surface area contributed by atoms with Gasteiger partial charge in [-0.05, 0) is 36.8 Å². The molecule has 0 radical (unpaired) electrons. The molecule has 2 aromatic carbocycles. The summed E-state index contributed by atoms with van der Waals surface area (Å²) in [6, 6.07) is 13.7. The minimum atomic E-state index is -0.344. The number of aryl methyl sites for hydroxylation is 1. The Hall–Kier alpha value is -2.75. The van der Waals surface area contributed by atoms with Crippen molar-refractivity contribution >= 4 is 22.5 Å². The summed E-state index contributed by atoms with van der Waals surface area (Å²) in [5, 5.41) is 3.59. The predicted octanol–water partition coefficient (Wildman–Crippen LogP) is 3.93. The molecule has 4 heteroatoms. The molecule has 0 aliphatic rings. The number of anilines is 1. The van der Waals surface area contributed by atoms with E-state index in [-0.39, 0.29) is 11.7 Å². The van der Waals surface area contributed by atoms with Crippen molar-refractivity contribution in [2.75, 3.05) is 5.32 Å². The number of hydrogen-bond acceptors (Lipinski definition) is 2. The van der Waals surface area contributed by atoms with Crippen LogP contribution in [0.5, 0.6) is 0 Å². The third kappa shape index (κ3) is 2.60. The van der Waals surface area contributed by atoms with Crippen LogP contribution in [0, 0.1) is 12.7 Å². The van der Waals surface area contributed by atoms with E-state index in [1.54, 1.807) is 37.4 Å². The minimum absolute atomic E-state index is 0.303. The summed E-state index contributed by atoms with van der Waals surface area (Å²) < 4.78 is 13.5.